The van der Waals surface area contributed by atoms with E-state index < -0.39 is 11.9 Å². The molecule has 3 aromatic carbocycles. The SMILES string of the molecule is Cc1c(Cl)cccc1N1C[C@H](C(=O)Oc2ccccc2-c2ccccc2)CC1=O. The molecule has 0 bridgehead atoms. The minimum Gasteiger partial charge on any atom is -0.426 e. The topological polar surface area (TPSA) is 46.6 Å². The van der Waals surface area contributed by atoms with Crippen molar-refractivity contribution >= 4 is 29.2 Å². The number of rotatable bonds is 4. The van der Waals surface area contributed by atoms with Crippen LogP contribution in [-0.4, -0.2) is 18.4 Å². The van der Waals surface area contributed by atoms with E-state index in [1.807, 2.05) is 61.5 Å². The molecular weight excluding hydrogens is 386 g/mol. The largest absolute Gasteiger partial charge is 0.426 e. The predicted octanol–water partition coefficient (Wildman–Crippen LogP) is 5.27. The van der Waals surface area contributed by atoms with Crippen molar-refractivity contribution in [1.29, 1.82) is 0 Å². The summed E-state index contributed by atoms with van der Waals surface area (Å²) in [6, 6.07) is 22.6. The lowest BCUT2D eigenvalue weighted by Crippen LogP contribution is -2.28. The van der Waals surface area contributed by atoms with Crippen molar-refractivity contribution in [3.05, 3.63) is 83.4 Å². The second kappa shape index (κ2) is 8.10. The fourth-order valence-corrected chi connectivity index (χ4v) is 3.76. The zero-order valence-corrected chi connectivity index (χ0v) is 16.7. The van der Waals surface area contributed by atoms with Gasteiger partial charge in [0.25, 0.3) is 0 Å². The van der Waals surface area contributed by atoms with Crippen LogP contribution in [0.1, 0.15) is 12.0 Å². The lowest BCUT2D eigenvalue weighted by Gasteiger charge is -2.19. The Labute approximate surface area is 174 Å². The van der Waals surface area contributed by atoms with E-state index in [1.54, 1.807) is 23.1 Å². The number of hydrogen-bond acceptors (Lipinski definition) is 3. The summed E-state index contributed by atoms with van der Waals surface area (Å²) in [5.41, 5.74) is 3.37. The number of nitrogens with zero attached hydrogens (tertiary/aromatic N) is 1. The highest BCUT2D eigenvalue weighted by Crippen LogP contribution is 2.34. The van der Waals surface area contributed by atoms with E-state index in [9.17, 15) is 9.59 Å². The minimum atomic E-state index is -0.523. The maximum Gasteiger partial charge on any atom is 0.316 e. The standard InChI is InChI=1S/C24H20ClNO3/c1-16-20(25)11-7-12-21(16)26-15-18(14-23(26)27)24(28)29-22-13-6-5-10-19(22)17-8-3-2-4-9-17/h2-13,18H,14-15H2,1H3/t18-/m1/s1. The van der Waals surface area contributed by atoms with Crippen molar-refractivity contribution in [1.82, 2.24) is 0 Å². The highest BCUT2D eigenvalue weighted by Gasteiger charge is 2.37. The van der Waals surface area contributed by atoms with Gasteiger partial charge in [-0.25, -0.2) is 0 Å². The molecule has 1 fully saturated rings. The highest BCUT2D eigenvalue weighted by atomic mass is 35.5. The fraction of sp³-hybridized carbons (Fsp3) is 0.167. The van der Waals surface area contributed by atoms with Crippen LogP contribution in [-0.2, 0) is 9.59 Å². The summed E-state index contributed by atoms with van der Waals surface area (Å²) in [5, 5.41) is 0.595. The van der Waals surface area contributed by atoms with Crippen LogP contribution in [0.5, 0.6) is 5.75 Å². The summed E-state index contributed by atoms with van der Waals surface area (Å²) in [6.07, 6.45) is 0.123. The number of carbonyl (C=O) groups is 2. The van der Waals surface area contributed by atoms with Gasteiger partial charge in [0.2, 0.25) is 5.91 Å². The van der Waals surface area contributed by atoms with Gasteiger partial charge in [0.05, 0.1) is 5.92 Å². The van der Waals surface area contributed by atoms with Gasteiger partial charge in [0.1, 0.15) is 5.75 Å². The summed E-state index contributed by atoms with van der Waals surface area (Å²) in [6.45, 7) is 2.15. The van der Waals surface area contributed by atoms with Crippen LogP contribution in [0.4, 0.5) is 5.69 Å². The Balaban J connectivity index is 1.54. The molecular formula is C24H20ClNO3. The third kappa shape index (κ3) is 3.89. The quantitative estimate of drug-likeness (QED) is 0.438. The van der Waals surface area contributed by atoms with E-state index >= 15 is 0 Å². The second-order valence-electron chi connectivity index (χ2n) is 7.07. The first-order valence-electron chi connectivity index (χ1n) is 9.46. The molecule has 1 heterocycles. The van der Waals surface area contributed by atoms with E-state index in [4.69, 9.17) is 16.3 Å². The summed E-state index contributed by atoms with van der Waals surface area (Å²) in [5.74, 6) is -0.532. The van der Waals surface area contributed by atoms with E-state index in [-0.39, 0.29) is 18.9 Å². The Hall–Kier alpha value is -3.11. The van der Waals surface area contributed by atoms with Gasteiger partial charge < -0.3 is 9.64 Å². The smallest absolute Gasteiger partial charge is 0.316 e. The molecule has 1 atom stereocenters. The van der Waals surface area contributed by atoms with Crippen LogP contribution in [0.15, 0.2) is 72.8 Å². The number of halogens is 1. The normalized spacial score (nSPS) is 16.1. The van der Waals surface area contributed by atoms with Crippen molar-refractivity contribution in [2.75, 3.05) is 11.4 Å². The van der Waals surface area contributed by atoms with Gasteiger partial charge in [-0.15, -0.1) is 0 Å². The Kier molecular flexibility index (Phi) is 5.36. The third-order valence-electron chi connectivity index (χ3n) is 5.17. The maximum atomic E-state index is 12.8. The first-order valence-corrected chi connectivity index (χ1v) is 9.84. The Morgan fingerprint density at radius 3 is 2.52 bits per heavy atom. The van der Waals surface area contributed by atoms with Gasteiger partial charge in [-0.3, -0.25) is 9.59 Å². The molecule has 0 unspecified atom stereocenters. The van der Waals surface area contributed by atoms with Gasteiger partial charge in [-0.1, -0.05) is 66.2 Å². The van der Waals surface area contributed by atoms with Gasteiger partial charge in [0.15, 0.2) is 0 Å². The summed E-state index contributed by atoms with van der Waals surface area (Å²) < 4.78 is 5.73. The number of hydrogen-bond donors (Lipinski definition) is 0. The van der Waals surface area contributed by atoms with Gasteiger partial charge in [-0.05, 0) is 36.2 Å². The minimum absolute atomic E-state index is 0.103. The molecule has 1 saturated heterocycles. The van der Waals surface area contributed by atoms with Crippen LogP contribution in [0.3, 0.4) is 0 Å². The average Bonchev–Trinajstić information content (AvgIpc) is 3.13. The van der Waals surface area contributed by atoms with Crippen LogP contribution >= 0.6 is 11.6 Å². The number of anilines is 1. The van der Waals surface area contributed by atoms with E-state index in [1.165, 1.54) is 0 Å². The number of esters is 1. The fourth-order valence-electron chi connectivity index (χ4n) is 3.59. The van der Waals surface area contributed by atoms with Crippen molar-refractivity contribution < 1.29 is 14.3 Å². The number of carbonyl (C=O) groups excluding carboxylic acids is 2. The average molecular weight is 406 g/mol. The lowest BCUT2D eigenvalue weighted by molar-refractivity contribution is -0.139. The lowest BCUT2D eigenvalue weighted by atomic mass is 10.0. The van der Waals surface area contributed by atoms with Gasteiger partial charge >= 0.3 is 5.97 Å². The number of ether oxygens (including phenoxy) is 1. The molecule has 4 rings (SSSR count). The van der Waals surface area contributed by atoms with Crippen molar-refractivity contribution in [2.24, 2.45) is 5.92 Å². The molecule has 0 aliphatic carbocycles. The number of para-hydroxylation sites is 1. The molecule has 0 radical (unpaired) electrons. The Morgan fingerprint density at radius 1 is 1.00 bits per heavy atom. The molecule has 0 aromatic heterocycles. The van der Waals surface area contributed by atoms with Crippen LogP contribution in [0.2, 0.25) is 5.02 Å². The molecule has 1 aliphatic rings. The summed E-state index contributed by atoms with van der Waals surface area (Å²) in [7, 11) is 0. The molecule has 0 saturated carbocycles. The van der Waals surface area contributed by atoms with E-state index in [2.05, 4.69) is 0 Å². The summed E-state index contributed by atoms with van der Waals surface area (Å²) in [4.78, 5) is 27.0. The predicted molar refractivity (Wildman–Crippen MR) is 114 cm³/mol. The second-order valence-corrected chi connectivity index (χ2v) is 7.48. The first-order chi connectivity index (χ1) is 14.0. The van der Waals surface area contributed by atoms with Gasteiger partial charge in [-0.2, -0.15) is 0 Å². The molecule has 0 N–H and O–H groups in total. The van der Waals surface area contributed by atoms with Crippen molar-refractivity contribution in [3.8, 4) is 16.9 Å². The van der Waals surface area contributed by atoms with Crippen LogP contribution in [0, 0.1) is 12.8 Å². The van der Waals surface area contributed by atoms with Crippen molar-refractivity contribution in [2.45, 2.75) is 13.3 Å². The Bertz CT molecular complexity index is 1060. The zero-order valence-electron chi connectivity index (χ0n) is 16.0. The van der Waals surface area contributed by atoms with Gasteiger partial charge in [0, 0.05) is 29.2 Å². The molecule has 3 aromatic rings. The molecule has 29 heavy (non-hydrogen) atoms. The molecule has 146 valence electrons. The van der Waals surface area contributed by atoms with E-state index in [0.29, 0.717) is 10.8 Å². The maximum absolute atomic E-state index is 12.8. The third-order valence-corrected chi connectivity index (χ3v) is 5.58. The van der Waals surface area contributed by atoms with Crippen LogP contribution < -0.4 is 9.64 Å². The molecule has 1 amide bonds. The number of benzene rings is 3. The first kappa shape index (κ1) is 19.2. The summed E-state index contributed by atoms with van der Waals surface area (Å²) >= 11 is 6.19. The van der Waals surface area contributed by atoms with Crippen LogP contribution in [0.25, 0.3) is 11.1 Å². The molecule has 5 heteroatoms. The Morgan fingerprint density at radius 2 is 1.72 bits per heavy atom. The monoisotopic (exact) mass is 405 g/mol. The molecule has 1 aliphatic heterocycles. The van der Waals surface area contributed by atoms with Crippen molar-refractivity contribution in [3.63, 3.8) is 0 Å². The van der Waals surface area contributed by atoms with E-state index in [0.717, 1.165) is 22.4 Å². The highest BCUT2D eigenvalue weighted by molar-refractivity contribution is 6.31. The number of amides is 1. The molecule has 4 nitrogen and oxygen atoms in total. The molecule has 0 spiro atoms. The zero-order chi connectivity index (χ0) is 20.4.